The molecule has 1 aliphatic rings. The number of carbonyl (C=O) groups is 1. The minimum absolute atomic E-state index is 0.181. The van der Waals surface area contributed by atoms with Crippen LogP contribution in [0.2, 0.25) is 5.02 Å². The van der Waals surface area contributed by atoms with Crippen molar-refractivity contribution >= 4 is 17.6 Å². The highest BCUT2D eigenvalue weighted by molar-refractivity contribution is 6.31. The number of fused-ring (bicyclic) bond motifs is 1. The predicted octanol–water partition coefficient (Wildman–Crippen LogP) is 2.75. The van der Waals surface area contributed by atoms with Crippen LogP contribution in [0.4, 0.5) is 0 Å². The number of halogens is 1. The van der Waals surface area contributed by atoms with Crippen LogP contribution in [-0.4, -0.2) is 16.7 Å². The van der Waals surface area contributed by atoms with Gasteiger partial charge in [0.1, 0.15) is 16.9 Å². The van der Waals surface area contributed by atoms with Crippen LogP contribution in [0.25, 0.3) is 0 Å². The van der Waals surface area contributed by atoms with Crippen molar-refractivity contribution in [2.45, 2.75) is 25.9 Å². The first-order valence-corrected chi connectivity index (χ1v) is 5.02. The third-order valence-electron chi connectivity index (χ3n) is 2.41. The Labute approximate surface area is 92.6 Å². The summed E-state index contributed by atoms with van der Waals surface area (Å²) in [6.45, 7) is 3.82. The number of rotatable bonds is 1. The van der Waals surface area contributed by atoms with Crippen molar-refractivity contribution in [3.63, 3.8) is 0 Å². The number of hydrogen-bond donors (Lipinski definition) is 1. The smallest absolute Gasteiger partial charge is 0.339 e. The third-order valence-corrected chi connectivity index (χ3v) is 2.77. The minimum atomic E-state index is -0.986. The van der Waals surface area contributed by atoms with E-state index in [1.165, 1.54) is 6.07 Å². The molecular weight excluding hydrogens is 216 g/mol. The number of benzene rings is 1. The average molecular weight is 227 g/mol. The lowest BCUT2D eigenvalue weighted by Gasteiger charge is -2.17. The molecule has 0 aliphatic carbocycles. The SMILES string of the molecule is CC1(C)Cc2c(Cl)ccc(C(=O)O)c2O1. The lowest BCUT2D eigenvalue weighted by molar-refractivity contribution is 0.0685. The maximum atomic E-state index is 11.0. The third kappa shape index (κ3) is 1.67. The van der Waals surface area contributed by atoms with Gasteiger partial charge in [0.25, 0.3) is 0 Å². The zero-order valence-corrected chi connectivity index (χ0v) is 9.26. The van der Waals surface area contributed by atoms with Gasteiger partial charge in [0, 0.05) is 17.0 Å². The molecule has 0 unspecified atom stereocenters. The highest BCUT2D eigenvalue weighted by Crippen LogP contribution is 2.41. The van der Waals surface area contributed by atoms with Crippen LogP contribution < -0.4 is 4.74 Å². The number of hydrogen-bond acceptors (Lipinski definition) is 2. The summed E-state index contributed by atoms with van der Waals surface area (Å²) in [4.78, 5) is 11.0. The molecule has 0 aromatic heterocycles. The van der Waals surface area contributed by atoms with Crippen LogP contribution in [-0.2, 0) is 6.42 Å². The van der Waals surface area contributed by atoms with E-state index in [2.05, 4.69) is 0 Å². The average Bonchev–Trinajstić information content (AvgIpc) is 2.41. The standard InChI is InChI=1S/C11H11ClO3/c1-11(2)5-7-8(12)4-3-6(10(13)14)9(7)15-11/h3-4H,5H2,1-2H3,(H,13,14). The Hall–Kier alpha value is -1.22. The monoisotopic (exact) mass is 226 g/mol. The van der Waals surface area contributed by atoms with Crippen LogP contribution in [0, 0.1) is 0 Å². The first kappa shape index (κ1) is 10.3. The fraction of sp³-hybridized carbons (Fsp3) is 0.364. The molecule has 0 bridgehead atoms. The molecule has 1 aromatic carbocycles. The fourth-order valence-electron chi connectivity index (χ4n) is 1.79. The quantitative estimate of drug-likeness (QED) is 0.801. The molecule has 80 valence electrons. The van der Waals surface area contributed by atoms with Crippen molar-refractivity contribution in [2.24, 2.45) is 0 Å². The Balaban J connectivity index is 2.60. The van der Waals surface area contributed by atoms with Gasteiger partial charge in [-0.3, -0.25) is 0 Å². The van der Waals surface area contributed by atoms with Crippen molar-refractivity contribution < 1.29 is 14.6 Å². The molecule has 1 aliphatic heterocycles. The molecule has 0 atom stereocenters. The largest absolute Gasteiger partial charge is 0.486 e. The van der Waals surface area contributed by atoms with E-state index in [1.807, 2.05) is 13.8 Å². The van der Waals surface area contributed by atoms with Crippen LogP contribution in [0.1, 0.15) is 29.8 Å². The van der Waals surface area contributed by atoms with Crippen LogP contribution in [0.15, 0.2) is 12.1 Å². The summed E-state index contributed by atoms with van der Waals surface area (Å²) in [5.41, 5.74) is 0.596. The summed E-state index contributed by atoms with van der Waals surface area (Å²) in [7, 11) is 0. The number of carboxylic acid groups (broad SMARTS) is 1. The van der Waals surface area contributed by atoms with Crippen molar-refractivity contribution in [3.8, 4) is 5.75 Å². The molecule has 2 rings (SSSR count). The maximum Gasteiger partial charge on any atom is 0.339 e. The molecule has 0 spiro atoms. The van der Waals surface area contributed by atoms with E-state index in [9.17, 15) is 4.79 Å². The second-order valence-electron chi connectivity index (χ2n) is 4.25. The minimum Gasteiger partial charge on any atom is -0.486 e. The molecule has 0 fully saturated rings. The summed E-state index contributed by atoms with van der Waals surface area (Å²) in [6.07, 6.45) is 0.641. The van der Waals surface area contributed by atoms with E-state index in [-0.39, 0.29) is 11.2 Å². The number of carboxylic acids is 1. The van der Waals surface area contributed by atoms with Gasteiger partial charge in [0.05, 0.1) is 0 Å². The molecule has 3 nitrogen and oxygen atoms in total. The molecule has 0 radical (unpaired) electrons. The molecule has 15 heavy (non-hydrogen) atoms. The van der Waals surface area contributed by atoms with E-state index in [0.717, 1.165) is 5.56 Å². The Morgan fingerprint density at radius 1 is 1.53 bits per heavy atom. The maximum absolute atomic E-state index is 11.0. The highest BCUT2D eigenvalue weighted by atomic mass is 35.5. The zero-order valence-electron chi connectivity index (χ0n) is 8.50. The van der Waals surface area contributed by atoms with Crippen molar-refractivity contribution in [3.05, 3.63) is 28.3 Å². The zero-order chi connectivity index (χ0) is 11.2. The Bertz CT molecular complexity index is 438. The molecule has 0 amide bonds. The van der Waals surface area contributed by atoms with E-state index in [0.29, 0.717) is 17.2 Å². The van der Waals surface area contributed by atoms with Crippen LogP contribution in [0.3, 0.4) is 0 Å². The molecule has 4 heteroatoms. The second kappa shape index (κ2) is 3.14. The summed E-state index contributed by atoms with van der Waals surface area (Å²) in [6, 6.07) is 3.08. The molecule has 0 saturated carbocycles. The number of ether oxygens (including phenoxy) is 1. The fourth-order valence-corrected chi connectivity index (χ4v) is 2.01. The van der Waals surface area contributed by atoms with Gasteiger partial charge >= 0.3 is 5.97 Å². The Morgan fingerprint density at radius 3 is 2.80 bits per heavy atom. The van der Waals surface area contributed by atoms with Gasteiger partial charge in [-0.15, -0.1) is 0 Å². The molecule has 1 aromatic rings. The van der Waals surface area contributed by atoms with Crippen molar-refractivity contribution in [1.82, 2.24) is 0 Å². The number of aromatic carboxylic acids is 1. The summed E-state index contributed by atoms with van der Waals surface area (Å²) in [5.74, 6) is -0.569. The van der Waals surface area contributed by atoms with E-state index in [1.54, 1.807) is 6.07 Å². The lowest BCUT2D eigenvalue weighted by Crippen LogP contribution is -2.25. The first-order chi connectivity index (χ1) is 6.91. The molecule has 1 heterocycles. The van der Waals surface area contributed by atoms with Gasteiger partial charge in [0.2, 0.25) is 0 Å². The summed E-state index contributed by atoms with van der Waals surface area (Å²) < 4.78 is 5.60. The van der Waals surface area contributed by atoms with Crippen molar-refractivity contribution in [1.29, 1.82) is 0 Å². The van der Waals surface area contributed by atoms with Gasteiger partial charge < -0.3 is 9.84 Å². The van der Waals surface area contributed by atoms with Gasteiger partial charge in [-0.05, 0) is 26.0 Å². The molecule has 1 N–H and O–H groups in total. The van der Waals surface area contributed by atoms with E-state index in [4.69, 9.17) is 21.4 Å². The van der Waals surface area contributed by atoms with Gasteiger partial charge in [-0.2, -0.15) is 0 Å². The Morgan fingerprint density at radius 2 is 2.20 bits per heavy atom. The molecular formula is C11H11ClO3. The first-order valence-electron chi connectivity index (χ1n) is 4.64. The lowest BCUT2D eigenvalue weighted by atomic mass is 10.0. The highest BCUT2D eigenvalue weighted by Gasteiger charge is 2.34. The second-order valence-corrected chi connectivity index (χ2v) is 4.65. The van der Waals surface area contributed by atoms with Crippen LogP contribution in [0.5, 0.6) is 5.75 Å². The van der Waals surface area contributed by atoms with Gasteiger partial charge in [0.15, 0.2) is 0 Å². The van der Waals surface area contributed by atoms with Crippen LogP contribution >= 0.6 is 11.6 Å². The van der Waals surface area contributed by atoms with Gasteiger partial charge in [-0.25, -0.2) is 4.79 Å². The van der Waals surface area contributed by atoms with E-state index < -0.39 is 5.97 Å². The van der Waals surface area contributed by atoms with Crippen molar-refractivity contribution in [2.75, 3.05) is 0 Å². The topological polar surface area (TPSA) is 46.5 Å². The molecule has 0 saturated heterocycles. The summed E-state index contributed by atoms with van der Waals surface area (Å²) >= 11 is 6.00. The predicted molar refractivity (Wildman–Crippen MR) is 56.8 cm³/mol. The van der Waals surface area contributed by atoms with Gasteiger partial charge in [-0.1, -0.05) is 11.6 Å². The van der Waals surface area contributed by atoms with E-state index >= 15 is 0 Å². The normalized spacial score (nSPS) is 17.0. The summed E-state index contributed by atoms with van der Waals surface area (Å²) in [5, 5.41) is 9.56. The Kier molecular flexibility index (Phi) is 2.15.